The van der Waals surface area contributed by atoms with Crippen molar-refractivity contribution in [2.75, 3.05) is 6.54 Å². The predicted molar refractivity (Wildman–Crippen MR) is 66.4 cm³/mol. The summed E-state index contributed by atoms with van der Waals surface area (Å²) in [4.78, 5) is 11.6. The summed E-state index contributed by atoms with van der Waals surface area (Å²) in [6.45, 7) is 4.20. The van der Waals surface area contributed by atoms with Crippen LogP contribution in [0.5, 0.6) is 0 Å². The number of hydrogen-bond donors (Lipinski definition) is 2. The lowest BCUT2D eigenvalue weighted by atomic mass is 10.1. The van der Waals surface area contributed by atoms with Gasteiger partial charge in [-0.2, -0.15) is 0 Å². The molecule has 3 N–H and O–H groups in total. The van der Waals surface area contributed by atoms with Crippen LogP contribution in [0.4, 0.5) is 0 Å². The van der Waals surface area contributed by atoms with E-state index in [2.05, 4.69) is 5.32 Å². The van der Waals surface area contributed by atoms with Crippen molar-refractivity contribution < 1.29 is 4.79 Å². The second kappa shape index (κ2) is 5.32. The van der Waals surface area contributed by atoms with Gasteiger partial charge in [0.05, 0.1) is 6.42 Å². The van der Waals surface area contributed by atoms with Crippen LogP contribution in [0, 0.1) is 0 Å². The lowest BCUT2D eigenvalue weighted by molar-refractivity contribution is -0.120. The molecule has 1 amide bonds. The van der Waals surface area contributed by atoms with Crippen molar-refractivity contribution in [2.45, 2.75) is 25.8 Å². The molecule has 1 aromatic carbocycles. The summed E-state index contributed by atoms with van der Waals surface area (Å²) in [6, 6.07) is 7.28. The van der Waals surface area contributed by atoms with Gasteiger partial charge in [0, 0.05) is 17.1 Å². The number of nitrogens with one attached hydrogen (secondary N) is 1. The van der Waals surface area contributed by atoms with Crippen molar-refractivity contribution in [3.8, 4) is 0 Å². The molecule has 0 saturated heterocycles. The standard InChI is InChI=1S/C12H17ClN2O/c1-12(2,14)8-15-11(16)7-9-4-3-5-10(13)6-9/h3-6H,7-8,14H2,1-2H3,(H,15,16). The summed E-state index contributed by atoms with van der Waals surface area (Å²) in [7, 11) is 0. The fourth-order valence-corrected chi connectivity index (χ4v) is 1.43. The van der Waals surface area contributed by atoms with Crippen LogP contribution < -0.4 is 11.1 Å². The van der Waals surface area contributed by atoms with Crippen molar-refractivity contribution in [2.24, 2.45) is 5.73 Å². The smallest absolute Gasteiger partial charge is 0.224 e. The molecular formula is C12H17ClN2O. The Bertz CT molecular complexity index is 372. The highest BCUT2D eigenvalue weighted by Gasteiger charge is 2.12. The first kappa shape index (κ1) is 13.0. The molecule has 0 aliphatic heterocycles. The highest BCUT2D eigenvalue weighted by molar-refractivity contribution is 6.30. The zero-order valence-corrected chi connectivity index (χ0v) is 10.3. The van der Waals surface area contributed by atoms with E-state index >= 15 is 0 Å². The summed E-state index contributed by atoms with van der Waals surface area (Å²) in [6.07, 6.45) is 0.330. The number of carbonyl (C=O) groups excluding carboxylic acids is 1. The van der Waals surface area contributed by atoms with Crippen LogP contribution in [-0.4, -0.2) is 18.0 Å². The van der Waals surface area contributed by atoms with Gasteiger partial charge in [-0.1, -0.05) is 23.7 Å². The van der Waals surface area contributed by atoms with Crippen molar-refractivity contribution in [3.05, 3.63) is 34.9 Å². The lowest BCUT2D eigenvalue weighted by Crippen LogP contribution is -2.45. The number of carbonyl (C=O) groups is 1. The molecule has 0 aliphatic rings. The molecule has 0 bridgehead atoms. The highest BCUT2D eigenvalue weighted by Crippen LogP contribution is 2.10. The third-order valence-corrected chi connectivity index (χ3v) is 2.23. The van der Waals surface area contributed by atoms with Crippen LogP contribution in [0.2, 0.25) is 5.02 Å². The van der Waals surface area contributed by atoms with E-state index in [-0.39, 0.29) is 11.4 Å². The maximum atomic E-state index is 11.6. The first-order valence-corrected chi connectivity index (χ1v) is 5.55. The average Bonchev–Trinajstić information content (AvgIpc) is 2.14. The molecule has 0 heterocycles. The quantitative estimate of drug-likeness (QED) is 0.842. The van der Waals surface area contributed by atoms with Crippen LogP contribution in [0.15, 0.2) is 24.3 Å². The molecule has 0 fully saturated rings. The molecule has 0 radical (unpaired) electrons. The van der Waals surface area contributed by atoms with Gasteiger partial charge in [0.1, 0.15) is 0 Å². The molecule has 0 saturated carbocycles. The van der Waals surface area contributed by atoms with Crippen LogP contribution in [0.1, 0.15) is 19.4 Å². The van der Waals surface area contributed by atoms with E-state index in [4.69, 9.17) is 17.3 Å². The maximum absolute atomic E-state index is 11.6. The molecule has 4 heteroatoms. The number of rotatable bonds is 4. The minimum atomic E-state index is -0.385. The molecule has 1 aromatic rings. The summed E-state index contributed by atoms with van der Waals surface area (Å²) in [5, 5.41) is 3.43. The van der Waals surface area contributed by atoms with Crippen LogP contribution in [-0.2, 0) is 11.2 Å². The Morgan fingerprint density at radius 2 is 2.19 bits per heavy atom. The Kier molecular flexibility index (Phi) is 4.33. The van der Waals surface area contributed by atoms with Gasteiger partial charge >= 0.3 is 0 Å². The van der Waals surface area contributed by atoms with Crippen molar-refractivity contribution in [3.63, 3.8) is 0 Å². The van der Waals surface area contributed by atoms with Gasteiger partial charge < -0.3 is 11.1 Å². The Morgan fingerprint density at radius 1 is 1.50 bits per heavy atom. The van der Waals surface area contributed by atoms with Gasteiger partial charge in [-0.25, -0.2) is 0 Å². The third kappa shape index (κ3) is 5.14. The molecule has 88 valence electrons. The summed E-state index contributed by atoms with van der Waals surface area (Å²) in [5.74, 6) is -0.0409. The fraction of sp³-hybridized carbons (Fsp3) is 0.417. The molecule has 0 unspecified atom stereocenters. The Labute approximate surface area is 101 Å². The zero-order valence-electron chi connectivity index (χ0n) is 9.59. The number of hydrogen-bond acceptors (Lipinski definition) is 2. The second-order valence-corrected chi connectivity index (χ2v) is 5.01. The maximum Gasteiger partial charge on any atom is 0.224 e. The lowest BCUT2D eigenvalue weighted by Gasteiger charge is -2.18. The second-order valence-electron chi connectivity index (χ2n) is 4.57. The molecule has 3 nitrogen and oxygen atoms in total. The fourth-order valence-electron chi connectivity index (χ4n) is 1.22. The van der Waals surface area contributed by atoms with Crippen molar-refractivity contribution in [1.82, 2.24) is 5.32 Å². The summed E-state index contributed by atoms with van der Waals surface area (Å²) < 4.78 is 0. The molecule has 0 spiro atoms. The van der Waals surface area contributed by atoms with Gasteiger partial charge in [-0.15, -0.1) is 0 Å². The normalized spacial score (nSPS) is 11.2. The van der Waals surface area contributed by atoms with E-state index in [0.717, 1.165) is 5.56 Å². The van der Waals surface area contributed by atoms with Crippen molar-refractivity contribution in [1.29, 1.82) is 0 Å². The Morgan fingerprint density at radius 3 is 2.75 bits per heavy atom. The topological polar surface area (TPSA) is 55.1 Å². The SMILES string of the molecule is CC(C)(N)CNC(=O)Cc1cccc(Cl)c1. The van der Waals surface area contributed by atoms with Crippen LogP contribution in [0.25, 0.3) is 0 Å². The van der Waals surface area contributed by atoms with E-state index in [9.17, 15) is 4.79 Å². The minimum absolute atomic E-state index is 0.0409. The summed E-state index contributed by atoms with van der Waals surface area (Å²) in [5.41, 5.74) is 6.28. The van der Waals surface area contributed by atoms with Gasteiger partial charge in [0.25, 0.3) is 0 Å². The van der Waals surface area contributed by atoms with Gasteiger partial charge in [0.15, 0.2) is 0 Å². The first-order chi connectivity index (χ1) is 7.37. The number of halogens is 1. The number of amides is 1. The first-order valence-electron chi connectivity index (χ1n) is 5.17. The Balaban J connectivity index is 2.46. The van der Waals surface area contributed by atoms with E-state index in [1.54, 1.807) is 12.1 Å². The monoisotopic (exact) mass is 240 g/mol. The van der Waals surface area contributed by atoms with E-state index < -0.39 is 0 Å². The predicted octanol–water partition coefficient (Wildman–Crippen LogP) is 1.74. The largest absolute Gasteiger partial charge is 0.354 e. The van der Waals surface area contributed by atoms with Crippen LogP contribution >= 0.6 is 11.6 Å². The van der Waals surface area contributed by atoms with E-state index in [1.807, 2.05) is 26.0 Å². The molecule has 0 aliphatic carbocycles. The molecular weight excluding hydrogens is 224 g/mol. The summed E-state index contributed by atoms with van der Waals surface area (Å²) >= 11 is 5.83. The Hall–Kier alpha value is -1.06. The molecule has 0 aromatic heterocycles. The van der Waals surface area contributed by atoms with Gasteiger partial charge in [0.2, 0.25) is 5.91 Å². The van der Waals surface area contributed by atoms with E-state index in [0.29, 0.717) is 18.0 Å². The number of nitrogens with two attached hydrogens (primary N) is 1. The van der Waals surface area contributed by atoms with Gasteiger partial charge in [-0.05, 0) is 31.5 Å². The molecule has 1 rings (SSSR count). The molecule has 0 atom stereocenters. The van der Waals surface area contributed by atoms with Crippen molar-refractivity contribution >= 4 is 17.5 Å². The minimum Gasteiger partial charge on any atom is -0.354 e. The average molecular weight is 241 g/mol. The van der Waals surface area contributed by atoms with Gasteiger partial charge in [-0.3, -0.25) is 4.79 Å². The highest BCUT2D eigenvalue weighted by atomic mass is 35.5. The van der Waals surface area contributed by atoms with Crippen LogP contribution in [0.3, 0.4) is 0 Å². The third-order valence-electron chi connectivity index (χ3n) is 1.99. The van der Waals surface area contributed by atoms with E-state index in [1.165, 1.54) is 0 Å². The number of benzene rings is 1. The molecule has 16 heavy (non-hydrogen) atoms. The zero-order chi connectivity index (χ0) is 12.2.